The molecule has 0 saturated heterocycles. The van der Waals surface area contributed by atoms with Crippen LogP contribution in [0, 0.1) is 0 Å². The van der Waals surface area contributed by atoms with Gasteiger partial charge in [0.05, 0.1) is 0 Å². The van der Waals surface area contributed by atoms with Crippen LogP contribution in [0.1, 0.15) is 0 Å². The van der Waals surface area contributed by atoms with E-state index in [2.05, 4.69) is 28.4 Å². The molecule has 4 heteroatoms. The standard InChI is InChI=1S/GeH4.H2Se2.Sr.2H/c;1-2;;;/h1H4;1-2H;;;. The third-order valence-electron chi connectivity index (χ3n) is 0. The molecule has 0 rings (SSSR count). The molecule has 0 aliphatic rings. The van der Waals surface area contributed by atoms with Crippen molar-refractivity contribution in [3.05, 3.63) is 0 Å². The fourth-order valence-corrected chi connectivity index (χ4v) is 0. The van der Waals surface area contributed by atoms with E-state index in [1.165, 1.54) is 0 Å². The zero-order valence-electron chi connectivity index (χ0n) is 0.894. The molecule has 0 N–H and O–H groups in total. The molecule has 0 atom stereocenters. The summed E-state index contributed by atoms with van der Waals surface area (Å²) in [6.45, 7) is 0. The van der Waals surface area contributed by atoms with E-state index in [9.17, 15) is 0 Å². The summed E-state index contributed by atoms with van der Waals surface area (Å²) in [5.74, 6) is 0. The summed E-state index contributed by atoms with van der Waals surface area (Å²) in [4.78, 5) is 0. The van der Waals surface area contributed by atoms with Crippen molar-refractivity contribution in [3.8, 4) is 0 Å². The summed E-state index contributed by atoms with van der Waals surface area (Å²) in [5, 5.41) is 0. The first-order chi connectivity index (χ1) is 1.00. The topological polar surface area (TPSA) is 0 Å². The normalized spacial score (nSPS) is 1.50. The molecule has 0 nitrogen and oxygen atoms in total. The van der Waals surface area contributed by atoms with Gasteiger partial charge in [0.2, 0.25) is 0 Å². The van der Waals surface area contributed by atoms with Gasteiger partial charge in [-0.1, -0.05) is 0 Å². The molecule has 0 unspecified atom stereocenters. The van der Waals surface area contributed by atoms with Gasteiger partial charge < -0.3 is 0 Å². The van der Waals surface area contributed by atoms with Crippen LogP contribution < -0.4 is 0 Å². The maximum atomic E-state index is 2.25. The summed E-state index contributed by atoms with van der Waals surface area (Å²) < 4.78 is 0. The van der Waals surface area contributed by atoms with Gasteiger partial charge in [-0.3, -0.25) is 0 Å². The van der Waals surface area contributed by atoms with Gasteiger partial charge in [-0.05, 0) is 0 Å². The Morgan fingerprint density at radius 1 is 1.00 bits per heavy atom. The van der Waals surface area contributed by atoms with Gasteiger partial charge in [0.25, 0.3) is 0 Å². The van der Waals surface area contributed by atoms with Crippen molar-refractivity contribution in [1.29, 1.82) is 0 Å². The predicted molar refractivity (Wildman–Crippen MR) is 34.2 cm³/mol. The second-order valence-electron chi connectivity index (χ2n) is 0. The van der Waals surface area contributed by atoms with Crippen LogP contribution >= 0.6 is 0 Å². The molecule has 4 heavy (non-hydrogen) atoms. The molecule has 0 aromatic rings. The fraction of sp³-hybridized carbons (Fsp3) is 0. The van der Waals surface area contributed by atoms with Crippen LogP contribution in [-0.2, 0) is 0 Å². The second-order valence-corrected chi connectivity index (χ2v) is 0. The van der Waals surface area contributed by atoms with Crippen molar-refractivity contribution in [2.24, 2.45) is 0 Å². The van der Waals surface area contributed by atoms with Crippen LogP contribution in [0.15, 0.2) is 0 Å². The summed E-state index contributed by atoms with van der Waals surface area (Å²) in [6, 6.07) is 0. The van der Waals surface area contributed by atoms with E-state index in [0.717, 1.165) is 0 Å². The summed E-state index contributed by atoms with van der Waals surface area (Å²) in [5.41, 5.74) is 0. The first-order valence-corrected chi connectivity index (χ1v) is 5.40. The number of hydrogen-bond acceptors (Lipinski definition) is 0. The van der Waals surface area contributed by atoms with Gasteiger partial charge >= 0.3 is 91.5 Å². The molecule has 0 bridgehead atoms. The van der Waals surface area contributed by atoms with Crippen molar-refractivity contribution in [3.63, 3.8) is 0 Å². The van der Waals surface area contributed by atoms with Crippen LogP contribution in [0.5, 0.6) is 0 Å². The first kappa shape index (κ1) is 15.7. The molecule has 26 valence electrons. The number of hydrogen-bond donors (Lipinski definition) is 0. The Labute approximate surface area is 89.3 Å². The zero-order valence-corrected chi connectivity index (χ0v) is 4.65. The molecule has 0 heterocycles. The van der Waals surface area contributed by atoms with E-state index in [4.69, 9.17) is 0 Å². The first-order valence-electron chi connectivity index (χ1n) is 0.200. The van der Waals surface area contributed by atoms with Crippen LogP contribution in [0.2, 0.25) is 0 Å². The van der Waals surface area contributed by atoms with Gasteiger partial charge in [0, 0.05) is 0 Å². The number of rotatable bonds is 0. The minimum absolute atomic E-state index is 0. The van der Waals surface area contributed by atoms with Crippen molar-refractivity contribution >= 4 is 91.5 Å². The Balaban J connectivity index is -0.00000000500. The summed E-state index contributed by atoms with van der Waals surface area (Å²) in [6.07, 6.45) is 0. The van der Waals surface area contributed by atoms with Gasteiger partial charge in [-0.25, -0.2) is 0 Å². The molecular weight excluding hydrogens is 318 g/mol. The summed E-state index contributed by atoms with van der Waals surface area (Å²) >= 11 is 4.50. The summed E-state index contributed by atoms with van der Waals surface area (Å²) in [7, 11) is 0. The molecular formula is H8GeSe2Sr. The molecule has 0 fully saturated rings. The molecule has 0 spiro atoms. The quantitative estimate of drug-likeness (QED) is 0.403. The second kappa shape index (κ2) is 16.6. The minimum atomic E-state index is 0. The van der Waals surface area contributed by atoms with E-state index < -0.39 is 0 Å². The molecule has 0 amide bonds. The Morgan fingerprint density at radius 3 is 1.00 bits per heavy atom. The fourth-order valence-electron chi connectivity index (χ4n) is 0. The van der Waals surface area contributed by atoms with Crippen LogP contribution in [0.25, 0.3) is 0 Å². The van der Waals surface area contributed by atoms with E-state index in [0.29, 0.717) is 0 Å². The molecule has 0 saturated carbocycles. The zero-order chi connectivity index (χ0) is 2.00. The Morgan fingerprint density at radius 2 is 1.00 bits per heavy atom. The molecule has 0 aromatic carbocycles. The SMILES string of the molecule is [GeH4].[SeH][SeH].[SrH2]. The third-order valence-corrected chi connectivity index (χ3v) is 0. The Kier molecular flexibility index (Phi) is 65.1. The van der Waals surface area contributed by atoms with Crippen molar-refractivity contribution in [2.75, 3.05) is 0 Å². The third kappa shape index (κ3) is 8.91. The predicted octanol–water partition coefficient (Wildman–Crippen LogP) is -3.66. The van der Waals surface area contributed by atoms with E-state index in [1.54, 1.807) is 0 Å². The van der Waals surface area contributed by atoms with E-state index in [1.807, 2.05) is 0 Å². The van der Waals surface area contributed by atoms with Gasteiger partial charge in [-0.2, -0.15) is 0 Å². The Bertz CT molecular complexity index is 6.00. The maximum absolute atomic E-state index is 2.25. The monoisotopic (exact) mass is 330 g/mol. The molecule has 0 radical (unpaired) electrons. The van der Waals surface area contributed by atoms with Crippen LogP contribution in [-0.4, -0.2) is 91.5 Å². The molecule has 0 aromatic heterocycles. The Hall–Kier alpha value is 3.06. The molecule has 0 aliphatic carbocycles. The van der Waals surface area contributed by atoms with Crippen molar-refractivity contribution in [1.82, 2.24) is 0 Å². The van der Waals surface area contributed by atoms with Crippen LogP contribution in [0.4, 0.5) is 0 Å². The average molecular weight is 326 g/mol. The van der Waals surface area contributed by atoms with E-state index in [-0.39, 0.29) is 63.1 Å². The van der Waals surface area contributed by atoms with E-state index >= 15 is 0 Å². The van der Waals surface area contributed by atoms with Crippen LogP contribution in [0.3, 0.4) is 0 Å². The van der Waals surface area contributed by atoms with Gasteiger partial charge in [0.15, 0.2) is 0 Å². The van der Waals surface area contributed by atoms with Gasteiger partial charge in [-0.15, -0.1) is 0 Å². The average Bonchev–Trinajstić information content (AvgIpc) is 1.00. The van der Waals surface area contributed by atoms with Crippen molar-refractivity contribution in [2.45, 2.75) is 0 Å². The molecule has 0 aliphatic heterocycles. The van der Waals surface area contributed by atoms with Gasteiger partial charge in [0.1, 0.15) is 0 Å². The van der Waals surface area contributed by atoms with Crippen molar-refractivity contribution < 1.29 is 0 Å².